The number of nitrogens with one attached hydrogen (secondary N) is 2. The van der Waals surface area contributed by atoms with Gasteiger partial charge in [0.1, 0.15) is 16.4 Å². The molecule has 2 N–H and O–H groups in total. The Morgan fingerprint density at radius 1 is 0.682 bits per heavy atom. The third-order valence-electron chi connectivity index (χ3n) is 10.1. The minimum Gasteiger partial charge on any atom is -0.449 e. The zero-order valence-corrected chi connectivity index (χ0v) is 37.2. The first-order valence-electron chi connectivity index (χ1n) is 19.7. The Bertz CT molecular complexity index is 3580. The van der Waals surface area contributed by atoms with Crippen LogP contribution in [-0.2, 0) is 32.8 Å². The van der Waals surface area contributed by atoms with Gasteiger partial charge in [-0.05, 0) is 101 Å². The Morgan fingerprint density at radius 2 is 1.33 bits per heavy atom. The van der Waals surface area contributed by atoms with E-state index in [0.29, 0.717) is 32.4 Å². The summed E-state index contributed by atoms with van der Waals surface area (Å²) in [5.41, 5.74) is 3.04. The van der Waals surface area contributed by atoms with E-state index < -0.39 is 25.5 Å². The SMILES string of the molecule is O=C(NCc1ccc(S(=O)(=O)c2cnc3ccc(Cl)cn23)cc1)c1cc2ccncc2s1.O=C(NCc1ccc(S(=O)(=O)c2cnn(-c3ccc(F)cc3)c2)cc1)c1cc2ccncc2o1. The second kappa shape index (κ2) is 18.1. The van der Waals surface area contributed by atoms with E-state index in [0.717, 1.165) is 21.0 Å². The number of carbonyl (C=O) groups is 2. The first-order valence-corrected chi connectivity index (χ1v) is 23.8. The van der Waals surface area contributed by atoms with Crippen molar-refractivity contribution in [1.82, 2.24) is 39.8 Å². The summed E-state index contributed by atoms with van der Waals surface area (Å²) in [4.78, 5) is 37.9. The van der Waals surface area contributed by atoms with E-state index in [4.69, 9.17) is 16.0 Å². The molecule has 0 aliphatic rings. The summed E-state index contributed by atoms with van der Waals surface area (Å²) < 4.78 is 74.5. The van der Waals surface area contributed by atoms with Crippen molar-refractivity contribution in [3.8, 4) is 5.69 Å². The van der Waals surface area contributed by atoms with Gasteiger partial charge in [0.2, 0.25) is 19.7 Å². The van der Waals surface area contributed by atoms with Crippen LogP contribution in [0.25, 0.3) is 32.4 Å². The van der Waals surface area contributed by atoms with Gasteiger partial charge in [-0.2, -0.15) is 5.10 Å². The lowest BCUT2D eigenvalue weighted by Crippen LogP contribution is -2.22. The third-order valence-corrected chi connectivity index (χ3v) is 14.9. The molecule has 20 heteroatoms. The molecule has 0 aliphatic heterocycles. The number of sulfone groups is 2. The normalized spacial score (nSPS) is 11.7. The number of hydrogen-bond donors (Lipinski definition) is 2. The lowest BCUT2D eigenvalue weighted by atomic mass is 10.2. The van der Waals surface area contributed by atoms with Gasteiger partial charge in [0.15, 0.2) is 16.4 Å². The van der Waals surface area contributed by atoms with E-state index in [1.54, 1.807) is 67.1 Å². The molecule has 7 aromatic heterocycles. The molecule has 66 heavy (non-hydrogen) atoms. The van der Waals surface area contributed by atoms with E-state index in [1.807, 2.05) is 12.1 Å². The van der Waals surface area contributed by atoms with Crippen LogP contribution in [0.15, 0.2) is 183 Å². The number of carbonyl (C=O) groups excluding carboxylic acids is 2. The summed E-state index contributed by atoms with van der Waals surface area (Å²) in [5.74, 6) is -0.804. The van der Waals surface area contributed by atoms with E-state index in [-0.39, 0.29) is 50.4 Å². The van der Waals surface area contributed by atoms with Crippen LogP contribution in [0.5, 0.6) is 0 Å². The number of furan rings is 1. The maximum absolute atomic E-state index is 13.1. The number of nitrogens with zero attached hydrogens (tertiary/aromatic N) is 6. The summed E-state index contributed by atoms with van der Waals surface area (Å²) >= 11 is 7.39. The fourth-order valence-electron chi connectivity index (χ4n) is 6.67. The Kier molecular flexibility index (Phi) is 12.0. The van der Waals surface area contributed by atoms with Crippen molar-refractivity contribution in [1.29, 1.82) is 0 Å². The molecule has 0 atom stereocenters. The van der Waals surface area contributed by atoms with Crippen LogP contribution < -0.4 is 10.6 Å². The number of halogens is 2. The molecule has 10 aromatic rings. The lowest BCUT2D eigenvalue weighted by Gasteiger charge is -2.07. The minimum absolute atomic E-state index is 0.0113. The van der Waals surface area contributed by atoms with Crippen LogP contribution >= 0.6 is 22.9 Å². The molecule has 0 unspecified atom stereocenters. The molecule has 3 aromatic carbocycles. The highest BCUT2D eigenvalue weighted by molar-refractivity contribution is 7.91. The highest BCUT2D eigenvalue weighted by Gasteiger charge is 2.23. The molecular weight excluding hydrogens is 927 g/mol. The molecular formula is C46H32ClFN8O7S3. The van der Waals surface area contributed by atoms with Crippen LogP contribution in [0.3, 0.4) is 0 Å². The predicted octanol–water partition coefficient (Wildman–Crippen LogP) is 8.28. The van der Waals surface area contributed by atoms with E-state index in [1.165, 1.54) is 99.9 Å². The summed E-state index contributed by atoms with van der Waals surface area (Å²) in [7, 11) is -7.60. The van der Waals surface area contributed by atoms with Crippen molar-refractivity contribution in [2.45, 2.75) is 32.8 Å². The smallest absolute Gasteiger partial charge is 0.287 e. The maximum atomic E-state index is 13.1. The van der Waals surface area contributed by atoms with E-state index in [9.17, 15) is 30.8 Å². The van der Waals surface area contributed by atoms with Gasteiger partial charge in [0, 0.05) is 49.5 Å². The van der Waals surface area contributed by atoms with Crippen LogP contribution in [0.1, 0.15) is 31.4 Å². The number of imidazole rings is 1. The molecule has 10 rings (SSSR count). The first-order chi connectivity index (χ1) is 31.8. The summed E-state index contributed by atoms with van der Waals surface area (Å²) in [6.07, 6.45) is 12.0. The van der Waals surface area contributed by atoms with E-state index in [2.05, 4.69) is 30.7 Å². The number of rotatable bonds is 11. The fourth-order valence-corrected chi connectivity index (χ4v) is 10.3. The number of pyridine rings is 3. The third kappa shape index (κ3) is 9.18. The van der Waals surface area contributed by atoms with Crippen LogP contribution in [0.4, 0.5) is 4.39 Å². The monoisotopic (exact) mass is 958 g/mol. The second-order valence-electron chi connectivity index (χ2n) is 14.5. The Hall–Kier alpha value is -7.58. The van der Waals surface area contributed by atoms with Gasteiger partial charge >= 0.3 is 0 Å². The molecule has 0 saturated carbocycles. The predicted molar refractivity (Wildman–Crippen MR) is 243 cm³/mol. The standard InChI is InChI=1S/C24H17FN4O4S.C22H15ClN4O3S2/c25-18-3-5-19(6-4-18)29-15-21(13-28-29)34(31,32)20-7-1-16(2-8-20)12-27-24(30)22-11-17-9-10-26-14-23(17)33-22;23-16-3-6-20-25-12-21(27(20)13-16)32(29,30)17-4-1-14(2-5-17)10-26-22(28)18-9-15-7-8-24-11-19(15)31-18/h1-11,13-15H,12H2,(H,27,30);1-9,11-13H,10H2,(H,26,28). The zero-order chi connectivity index (χ0) is 46.0. The number of aromatic nitrogens is 6. The summed E-state index contributed by atoms with van der Waals surface area (Å²) in [6, 6.07) is 28.5. The molecule has 15 nitrogen and oxygen atoms in total. The molecule has 330 valence electrons. The molecule has 2 amide bonds. The van der Waals surface area contributed by atoms with Gasteiger partial charge in [0.25, 0.3) is 11.8 Å². The van der Waals surface area contributed by atoms with E-state index >= 15 is 0 Å². The Labute approximate surface area is 384 Å². The Balaban J connectivity index is 0.000000166. The van der Waals surface area contributed by atoms with Gasteiger partial charge in [-0.25, -0.2) is 30.9 Å². The van der Waals surface area contributed by atoms with Crippen molar-refractivity contribution < 1.29 is 35.2 Å². The molecule has 0 spiro atoms. The lowest BCUT2D eigenvalue weighted by molar-refractivity contribution is 0.0923. The topological polar surface area (TPSA) is 201 Å². The molecule has 7 heterocycles. The minimum atomic E-state index is -3.81. The highest BCUT2D eigenvalue weighted by Crippen LogP contribution is 2.27. The summed E-state index contributed by atoms with van der Waals surface area (Å²) in [6.45, 7) is 0.466. The molecule has 0 fully saturated rings. The van der Waals surface area contributed by atoms with Crippen LogP contribution in [0, 0.1) is 5.82 Å². The van der Waals surface area contributed by atoms with Gasteiger partial charge in [-0.1, -0.05) is 35.9 Å². The number of hydrogen-bond acceptors (Lipinski definition) is 12. The van der Waals surface area contributed by atoms with Crippen molar-refractivity contribution in [3.63, 3.8) is 0 Å². The van der Waals surface area contributed by atoms with Crippen molar-refractivity contribution in [3.05, 3.63) is 191 Å². The zero-order valence-electron chi connectivity index (χ0n) is 33.9. The number of fused-ring (bicyclic) bond motifs is 3. The van der Waals surface area contributed by atoms with Gasteiger partial charge in [-0.15, -0.1) is 11.3 Å². The average molecular weight is 959 g/mol. The molecule has 0 bridgehead atoms. The van der Waals surface area contributed by atoms with Crippen molar-refractivity contribution in [2.75, 3.05) is 0 Å². The van der Waals surface area contributed by atoms with Crippen molar-refractivity contribution >= 4 is 81.1 Å². The largest absolute Gasteiger partial charge is 0.449 e. The first kappa shape index (κ1) is 43.7. The average Bonchev–Trinajstić information content (AvgIpc) is 4.17. The van der Waals surface area contributed by atoms with Crippen LogP contribution in [-0.4, -0.2) is 57.8 Å². The second-order valence-corrected chi connectivity index (χ2v) is 19.8. The summed E-state index contributed by atoms with van der Waals surface area (Å²) in [5, 5.41) is 11.9. The maximum Gasteiger partial charge on any atom is 0.287 e. The molecule has 0 aliphatic carbocycles. The molecule has 0 saturated heterocycles. The Morgan fingerprint density at radius 3 is 2.02 bits per heavy atom. The fraction of sp³-hybridized carbons (Fsp3) is 0.0435. The van der Waals surface area contributed by atoms with Crippen LogP contribution in [0.2, 0.25) is 5.02 Å². The van der Waals surface area contributed by atoms with Crippen molar-refractivity contribution in [2.24, 2.45) is 0 Å². The highest BCUT2D eigenvalue weighted by atomic mass is 35.5. The van der Waals surface area contributed by atoms with Gasteiger partial charge in [0.05, 0.1) is 48.7 Å². The number of thiophene rings is 1. The number of benzene rings is 3. The quantitative estimate of drug-likeness (QED) is 0.126. The van der Waals surface area contributed by atoms with Gasteiger partial charge in [-0.3, -0.25) is 24.0 Å². The van der Waals surface area contributed by atoms with Gasteiger partial charge < -0.3 is 15.1 Å². The molecule has 0 radical (unpaired) electrons. The number of amides is 2.